The number of hydrogen-bond donors (Lipinski definition) is 0. The lowest BCUT2D eigenvalue weighted by molar-refractivity contribution is 1.72. The molecule has 0 radical (unpaired) electrons. The molecule has 0 nitrogen and oxygen atoms in total. The van der Waals surface area contributed by atoms with Crippen LogP contribution in [0, 0.1) is 0 Å². The molecule has 11 heavy (non-hydrogen) atoms. The van der Waals surface area contributed by atoms with Crippen LogP contribution in [0.1, 0.15) is 0 Å². The van der Waals surface area contributed by atoms with Crippen molar-refractivity contribution in [2.75, 3.05) is 0 Å². The van der Waals surface area contributed by atoms with Crippen LogP contribution in [0.5, 0.6) is 0 Å². The molecule has 0 saturated heterocycles. The molecule has 0 aliphatic rings. The van der Waals surface area contributed by atoms with E-state index in [0.29, 0.717) is 0 Å². The summed E-state index contributed by atoms with van der Waals surface area (Å²) >= 11 is 3.59. The van der Waals surface area contributed by atoms with Gasteiger partial charge in [0.1, 0.15) is 10.8 Å². The van der Waals surface area contributed by atoms with Crippen LogP contribution in [0.25, 0.3) is 9.75 Å². The fourth-order valence-electron chi connectivity index (χ4n) is 0.917. The first-order valence-corrected chi connectivity index (χ1v) is 5.13. The van der Waals surface area contributed by atoms with Crippen LogP contribution in [0.3, 0.4) is 0 Å². The van der Waals surface area contributed by atoms with E-state index in [1.165, 1.54) is 9.75 Å². The molecule has 0 aliphatic carbocycles. The third-order valence-electron chi connectivity index (χ3n) is 1.42. The molecule has 1 heterocycles. The highest BCUT2D eigenvalue weighted by molar-refractivity contribution is 7.33. The Hall–Kier alpha value is -0.730. The van der Waals surface area contributed by atoms with Gasteiger partial charge in [-0.2, -0.15) is 0 Å². The molecule has 0 spiro atoms. The van der Waals surface area contributed by atoms with Gasteiger partial charge in [-0.15, -0.1) is 0 Å². The molecular formula is C9H7S2+. The van der Waals surface area contributed by atoms with Crippen LogP contribution < -0.4 is 0 Å². The summed E-state index contributed by atoms with van der Waals surface area (Å²) in [5.74, 6) is 0. The van der Waals surface area contributed by atoms with Crippen LogP contribution in [-0.2, 0) is 0 Å². The fourth-order valence-corrected chi connectivity index (χ4v) is 2.71. The first-order valence-electron chi connectivity index (χ1n) is 3.37. The van der Waals surface area contributed by atoms with Crippen LogP contribution in [0.2, 0.25) is 0 Å². The van der Waals surface area contributed by atoms with Crippen molar-refractivity contribution in [2.24, 2.45) is 0 Å². The summed E-state index contributed by atoms with van der Waals surface area (Å²) in [6, 6.07) is 10.5. The average Bonchev–Trinajstić information content (AvgIpc) is 2.58. The molecule has 2 aromatic rings. The van der Waals surface area contributed by atoms with Gasteiger partial charge in [0, 0.05) is 5.56 Å². The standard InChI is InChI=1S/C9H7S2/c1-2-4-8(5-3-1)9-10-6-7-11-9/h1-7H/q+1. The highest BCUT2D eigenvalue weighted by Gasteiger charge is 2.07. The Kier molecular flexibility index (Phi) is 1.97. The molecule has 0 N–H and O–H groups in total. The lowest BCUT2D eigenvalue weighted by atomic mass is 10.2. The molecule has 0 aliphatic heterocycles. The van der Waals surface area contributed by atoms with E-state index in [1.54, 1.807) is 22.7 Å². The van der Waals surface area contributed by atoms with Gasteiger partial charge in [0.15, 0.2) is 0 Å². The van der Waals surface area contributed by atoms with Gasteiger partial charge in [-0.25, -0.2) is 0 Å². The van der Waals surface area contributed by atoms with Gasteiger partial charge in [-0.05, 0) is 12.1 Å². The summed E-state index contributed by atoms with van der Waals surface area (Å²) in [6.45, 7) is 0. The Balaban J connectivity index is 2.46. The Morgan fingerprint density at radius 1 is 1.09 bits per heavy atom. The lowest BCUT2D eigenvalue weighted by Crippen LogP contribution is -1.65. The summed E-state index contributed by atoms with van der Waals surface area (Å²) in [5, 5.41) is 4.24. The lowest BCUT2D eigenvalue weighted by Gasteiger charge is -1.85. The van der Waals surface area contributed by atoms with E-state index in [4.69, 9.17) is 0 Å². The zero-order valence-electron chi connectivity index (χ0n) is 5.86. The highest BCUT2D eigenvalue weighted by atomic mass is 32.2. The second-order valence-corrected chi connectivity index (χ2v) is 4.25. The van der Waals surface area contributed by atoms with Crippen molar-refractivity contribution >= 4 is 22.7 Å². The van der Waals surface area contributed by atoms with Gasteiger partial charge >= 0.3 is 0 Å². The summed E-state index contributed by atoms with van der Waals surface area (Å²) in [7, 11) is 0. The van der Waals surface area contributed by atoms with Crippen molar-refractivity contribution in [3.63, 3.8) is 0 Å². The Morgan fingerprint density at radius 2 is 1.91 bits per heavy atom. The molecule has 0 unspecified atom stereocenters. The van der Waals surface area contributed by atoms with E-state index >= 15 is 0 Å². The topological polar surface area (TPSA) is 0 Å². The van der Waals surface area contributed by atoms with E-state index in [9.17, 15) is 0 Å². The van der Waals surface area contributed by atoms with E-state index < -0.39 is 0 Å². The van der Waals surface area contributed by atoms with Gasteiger partial charge in [-0.1, -0.05) is 18.2 Å². The van der Waals surface area contributed by atoms with E-state index in [-0.39, 0.29) is 0 Å². The predicted molar refractivity (Wildman–Crippen MR) is 52.0 cm³/mol. The Morgan fingerprint density at radius 3 is 2.55 bits per heavy atom. The fraction of sp³-hybridized carbons (Fsp3) is 0. The maximum absolute atomic E-state index is 2.14. The van der Waals surface area contributed by atoms with Gasteiger partial charge in [0.25, 0.3) is 4.19 Å². The van der Waals surface area contributed by atoms with Crippen molar-refractivity contribution in [2.45, 2.75) is 0 Å². The second kappa shape index (κ2) is 3.11. The van der Waals surface area contributed by atoms with Gasteiger partial charge < -0.3 is 0 Å². The molecule has 1 aromatic carbocycles. The smallest absolute Gasteiger partial charge is 0.0622 e. The maximum Gasteiger partial charge on any atom is 0.284 e. The summed E-state index contributed by atoms with van der Waals surface area (Å²) < 4.78 is 1.38. The molecule has 0 saturated carbocycles. The number of rotatable bonds is 1. The van der Waals surface area contributed by atoms with Gasteiger partial charge in [0.2, 0.25) is 0 Å². The molecule has 1 aromatic heterocycles. The molecule has 0 fully saturated rings. The molecule has 54 valence electrons. The van der Waals surface area contributed by atoms with E-state index in [1.807, 2.05) is 6.07 Å². The van der Waals surface area contributed by atoms with E-state index in [2.05, 4.69) is 35.0 Å². The van der Waals surface area contributed by atoms with Crippen molar-refractivity contribution < 1.29 is 0 Å². The van der Waals surface area contributed by atoms with Crippen LogP contribution in [0.15, 0.2) is 41.1 Å². The molecule has 0 bridgehead atoms. The van der Waals surface area contributed by atoms with Crippen LogP contribution in [-0.4, -0.2) is 0 Å². The van der Waals surface area contributed by atoms with Crippen molar-refractivity contribution in [1.82, 2.24) is 0 Å². The zero-order chi connectivity index (χ0) is 7.52. The van der Waals surface area contributed by atoms with Crippen LogP contribution in [0.4, 0.5) is 0 Å². The molecule has 0 atom stereocenters. The summed E-state index contributed by atoms with van der Waals surface area (Å²) in [4.78, 5) is 0. The highest BCUT2D eigenvalue weighted by Crippen LogP contribution is 2.28. The molecule has 0 amide bonds. The minimum atomic E-state index is 1.33. The van der Waals surface area contributed by atoms with Crippen LogP contribution >= 0.6 is 22.7 Å². The molecular weight excluding hydrogens is 172 g/mol. The monoisotopic (exact) mass is 179 g/mol. The van der Waals surface area contributed by atoms with Gasteiger partial charge in [0.05, 0.1) is 22.7 Å². The minimum Gasteiger partial charge on any atom is -0.0622 e. The van der Waals surface area contributed by atoms with Crippen molar-refractivity contribution in [1.29, 1.82) is 0 Å². The SMILES string of the molecule is c1ccc(-c2scc[s+]2)cc1. The summed E-state index contributed by atoms with van der Waals surface area (Å²) in [5.41, 5.74) is 1.33. The predicted octanol–water partition coefficient (Wildman–Crippen LogP) is 3.76. The third kappa shape index (κ3) is 1.47. The second-order valence-electron chi connectivity index (χ2n) is 2.16. The average molecular weight is 179 g/mol. The van der Waals surface area contributed by atoms with Crippen molar-refractivity contribution in [3.8, 4) is 9.75 Å². The maximum atomic E-state index is 2.14. The number of hydrogen-bond acceptors (Lipinski definition) is 1. The zero-order valence-corrected chi connectivity index (χ0v) is 7.49. The third-order valence-corrected chi connectivity index (χ3v) is 3.61. The number of benzene rings is 1. The minimum absolute atomic E-state index is 1.33. The first-order chi connectivity index (χ1) is 5.47. The van der Waals surface area contributed by atoms with Crippen molar-refractivity contribution in [3.05, 3.63) is 41.1 Å². The normalized spacial score (nSPS) is 9.82. The van der Waals surface area contributed by atoms with E-state index in [0.717, 1.165) is 0 Å². The summed E-state index contributed by atoms with van der Waals surface area (Å²) in [6.07, 6.45) is 0. The quantitative estimate of drug-likeness (QED) is 0.585. The Labute approximate surface area is 73.8 Å². The Bertz CT molecular complexity index is 311. The molecule has 2 rings (SSSR count). The van der Waals surface area contributed by atoms with Gasteiger partial charge in [-0.3, -0.25) is 0 Å². The molecule has 2 heteroatoms. The largest absolute Gasteiger partial charge is 0.284 e. The first kappa shape index (κ1) is 6.95.